The number of methoxy groups -OCH3 is 1. The number of aryl methyl sites for hydroxylation is 1. The molecule has 0 spiro atoms. The highest BCUT2D eigenvalue weighted by molar-refractivity contribution is 6.04. The number of nitrogens with one attached hydrogen (secondary N) is 1. The molecule has 3 aromatic heterocycles. The molecule has 244 valence electrons. The highest BCUT2D eigenvalue weighted by Gasteiger charge is 2.36. The third-order valence-corrected chi connectivity index (χ3v) is 7.54. The molecule has 0 radical (unpaired) electrons. The first-order chi connectivity index (χ1) is 22.4. The van der Waals surface area contributed by atoms with Gasteiger partial charge in [-0.3, -0.25) is 19.1 Å². The van der Waals surface area contributed by atoms with Gasteiger partial charge in [0.25, 0.3) is 0 Å². The van der Waals surface area contributed by atoms with E-state index in [1.165, 1.54) is 15.2 Å². The van der Waals surface area contributed by atoms with Gasteiger partial charge in [0.15, 0.2) is 0 Å². The minimum atomic E-state index is -4.60. The zero-order chi connectivity index (χ0) is 33.9. The lowest BCUT2D eigenvalue weighted by atomic mass is 10.0. The summed E-state index contributed by atoms with van der Waals surface area (Å²) < 4.78 is 51.0. The van der Waals surface area contributed by atoms with Crippen LogP contribution in [0.5, 0.6) is 5.75 Å². The third-order valence-electron chi connectivity index (χ3n) is 7.54. The predicted molar refractivity (Wildman–Crippen MR) is 168 cm³/mol. The van der Waals surface area contributed by atoms with Crippen LogP contribution in [0.2, 0.25) is 0 Å². The van der Waals surface area contributed by atoms with Crippen molar-refractivity contribution in [2.75, 3.05) is 38.2 Å². The van der Waals surface area contributed by atoms with Gasteiger partial charge in [-0.05, 0) is 42.0 Å². The van der Waals surface area contributed by atoms with Crippen molar-refractivity contribution in [2.45, 2.75) is 6.18 Å². The fraction of sp³-hybridized carbons (Fsp3) is 0.219. The van der Waals surface area contributed by atoms with Crippen LogP contribution >= 0.6 is 0 Å². The summed E-state index contributed by atoms with van der Waals surface area (Å²) in [7, 11) is 3.14. The number of aromatic nitrogens is 4. The molecule has 0 aliphatic carbocycles. The van der Waals surface area contributed by atoms with Crippen molar-refractivity contribution in [1.29, 1.82) is 0 Å². The van der Waals surface area contributed by atoms with Crippen LogP contribution in [0.25, 0.3) is 38.8 Å². The minimum Gasteiger partial charge on any atom is -0.495 e. The van der Waals surface area contributed by atoms with E-state index >= 15 is 0 Å². The van der Waals surface area contributed by atoms with Gasteiger partial charge in [-0.1, -0.05) is 6.07 Å². The van der Waals surface area contributed by atoms with Crippen LogP contribution in [0.4, 0.5) is 18.9 Å². The minimum absolute atomic E-state index is 0.111. The highest BCUT2D eigenvalue weighted by atomic mass is 19.4. The van der Waals surface area contributed by atoms with Gasteiger partial charge in [0, 0.05) is 68.2 Å². The summed E-state index contributed by atoms with van der Waals surface area (Å²) in [5.41, 5.74) is 2.20. The van der Waals surface area contributed by atoms with E-state index in [1.807, 2.05) is 24.3 Å². The van der Waals surface area contributed by atoms with E-state index in [0.717, 1.165) is 17.2 Å². The Balaban J connectivity index is 0.000000483. The first-order valence-electron chi connectivity index (χ1n) is 14.2. The molecule has 12 nitrogen and oxygen atoms in total. The number of alkyl halides is 3. The van der Waals surface area contributed by atoms with Crippen LogP contribution < -0.4 is 20.6 Å². The summed E-state index contributed by atoms with van der Waals surface area (Å²) in [6.45, 7) is 2.14. The van der Waals surface area contributed by atoms with Crippen LogP contribution in [0.3, 0.4) is 0 Å². The van der Waals surface area contributed by atoms with Crippen molar-refractivity contribution < 1.29 is 37.7 Å². The summed E-state index contributed by atoms with van der Waals surface area (Å²) in [5, 5.41) is 19.4. The number of halogens is 3. The monoisotopic (exact) mass is 650 g/mol. The molecule has 1 aliphatic heterocycles. The zero-order valence-corrected chi connectivity index (χ0v) is 25.2. The highest BCUT2D eigenvalue weighted by Crippen LogP contribution is 2.39. The molecule has 2 aromatic carbocycles. The molecule has 1 saturated heterocycles. The Kier molecular flexibility index (Phi) is 9.28. The Morgan fingerprint density at radius 1 is 0.957 bits per heavy atom. The van der Waals surface area contributed by atoms with Crippen molar-refractivity contribution in [3.63, 3.8) is 0 Å². The number of hydrogen-bond donors (Lipinski definition) is 3. The molecule has 0 atom stereocenters. The van der Waals surface area contributed by atoms with Crippen LogP contribution in [0.15, 0.2) is 78.0 Å². The number of hydrogen-bond acceptors (Lipinski definition) is 8. The molecule has 47 heavy (non-hydrogen) atoms. The summed E-state index contributed by atoms with van der Waals surface area (Å²) in [5.74, 6) is -1.93. The largest absolute Gasteiger partial charge is 0.495 e. The van der Waals surface area contributed by atoms with Crippen molar-refractivity contribution in [1.82, 2.24) is 24.4 Å². The van der Waals surface area contributed by atoms with Gasteiger partial charge in [-0.15, -0.1) is 0 Å². The number of carbonyl (C=O) groups is 2. The number of anilines is 1. The fourth-order valence-electron chi connectivity index (χ4n) is 5.32. The molecule has 15 heteroatoms. The lowest BCUT2D eigenvalue weighted by Crippen LogP contribution is -2.44. The van der Waals surface area contributed by atoms with Crippen molar-refractivity contribution in [2.24, 2.45) is 7.05 Å². The molecule has 0 bridgehead atoms. The van der Waals surface area contributed by atoms with Gasteiger partial charge in [-0.2, -0.15) is 13.2 Å². The molecule has 3 N–H and O–H groups in total. The van der Waals surface area contributed by atoms with Gasteiger partial charge in [-0.25, -0.2) is 14.4 Å². The number of fused-ring (bicyclic) bond motifs is 3. The second kappa shape index (κ2) is 13.3. The Bertz CT molecular complexity index is 2050. The van der Waals surface area contributed by atoms with Gasteiger partial charge >= 0.3 is 23.8 Å². The van der Waals surface area contributed by atoms with E-state index in [1.54, 1.807) is 43.7 Å². The summed E-state index contributed by atoms with van der Waals surface area (Å²) in [4.78, 5) is 43.1. The first kappa shape index (κ1) is 32.7. The lowest BCUT2D eigenvalue weighted by Gasteiger charge is -2.31. The third kappa shape index (κ3) is 6.94. The quantitative estimate of drug-likeness (QED) is 0.229. The van der Waals surface area contributed by atoms with E-state index < -0.39 is 29.4 Å². The summed E-state index contributed by atoms with van der Waals surface area (Å²) in [6, 6.07) is 11.5. The lowest BCUT2D eigenvalue weighted by molar-refractivity contribution is -0.137. The number of carboxylic acids is 2. The average Bonchev–Trinajstić information content (AvgIpc) is 3.33. The number of imidazole rings is 1. The number of carboxylic acid groups (broad SMARTS) is 2. The second-order valence-electron chi connectivity index (χ2n) is 10.5. The molecule has 0 amide bonds. The molecular weight excluding hydrogens is 621 g/mol. The Morgan fingerprint density at radius 3 is 2.30 bits per heavy atom. The van der Waals surface area contributed by atoms with Crippen molar-refractivity contribution >= 4 is 39.6 Å². The molecule has 0 saturated carbocycles. The molecule has 1 aliphatic rings. The standard InChI is InChI=1S/C28H25F3N6O2.C4H4O4/c1-35-25-16-34-23-5-3-17(18-11-20(39-2)15-33-14-18)12-21(23)26(25)37(27(35)38)19-4-6-24(22(13-19)28(29,30)31)36-9-7-32-8-10-36;5-3(6)1-2-4(7)8/h3-6,11-16,32H,7-10H2,1-2H3;1-2H,(H,5,6)(H,7,8). The van der Waals surface area contributed by atoms with Crippen LogP contribution in [-0.2, 0) is 22.8 Å². The average molecular weight is 651 g/mol. The summed E-state index contributed by atoms with van der Waals surface area (Å²) >= 11 is 0. The maximum atomic E-state index is 14.3. The predicted octanol–water partition coefficient (Wildman–Crippen LogP) is 4.09. The molecule has 1 fully saturated rings. The number of benzene rings is 2. The first-order valence-corrected chi connectivity index (χ1v) is 14.2. The molecule has 4 heterocycles. The van der Waals surface area contributed by atoms with Gasteiger partial charge in [0.2, 0.25) is 0 Å². The van der Waals surface area contributed by atoms with Crippen LogP contribution in [-0.4, -0.2) is 74.5 Å². The number of nitrogens with zero attached hydrogens (tertiary/aromatic N) is 5. The van der Waals surface area contributed by atoms with Crippen molar-refractivity contribution in [3.8, 4) is 22.6 Å². The van der Waals surface area contributed by atoms with E-state index in [0.29, 0.717) is 66.0 Å². The Labute approximate surface area is 265 Å². The number of ether oxygens (including phenoxy) is 1. The molecule has 0 unspecified atom stereocenters. The van der Waals surface area contributed by atoms with E-state index in [9.17, 15) is 27.6 Å². The Morgan fingerprint density at radius 2 is 1.66 bits per heavy atom. The number of pyridine rings is 2. The molecule has 5 aromatic rings. The van der Waals surface area contributed by atoms with E-state index in [4.69, 9.17) is 14.9 Å². The summed E-state index contributed by atoms with van der Waals surface area (Å²) in [6.07, 6.45) is 1.38. The zero-order valence-electron chi connectivity index (χ0n) is 25.2. The van der Waals surface area contributed by atoms with Gasteiger partial charge < -0.3 is 25.2 Å². The van der Waals surface area contributed by atoms with Crippen LogP contribution in [0.1, 0.15) is 5.56 Å². The Hall–Kier alpha value is -5.70. The normalized spacial score (nSPS) is 13.5. The number of rotatable bonds is 6. The second-order valence-corrected chi connectivity index (χ2v) is 10.5. The van der Waals surface area contributed by atoms with Crippen molar-refractivity contribution in [3.05, 3.63) is 89.3 Å². The number of piperazine rings is 1. The maximum absolute atomic E-state index is 14.3. The number of aliphatic carboxylic acids is 2. The van der Waals surface area contributed by atoms with E-state index in [2.05, 4.69) is 15.3 Å². The van der Waals surface area contributed by atoms with Gasteiger partial charge in [0.05, 0.1) is 47.3 Å². The van der Waals surface area contributed by atoms with Gasteiger partial charge in [0.1, 0.15) is 5.75 Å². The molecular formula is C32H29F3N6O6. The fourth-order valence-corrected chi connectivity index (χ4v) is 5.32. The molecule has 6 rings (SSSR count). The smallest absolute Gasteiger partial charge is 0.418 e. The maximum Gasteiger partial charge on any atom is 0.418 e. The van der Waals surface area contributed by atoms with Crippen LogP contribution in [0, 0.1) is 0 Å². The topological polar surface area (TPSA) is 152 Å². The van der Waals surface area contributed by atoms with E-state index in [-0.39, 0.29) is 11.4 Å². The SMILES string of the molecule is COc1cncc(-c2ccc3ncc4c(c3c2)n(-c2ccc(N3CCNCC3)c(C(F)(F)F)c2)c(=O)n4C)c1.O=C(O)C=CC(=O)O.